The SMILES string of the molecule is Cc1cccc(N2CCN(CC=Cc3cccc4c3CCC(=O)N4C)CC2)c1. The summed E-state index contributed by atoms with van der Waals surface area (Å²) in [5, 5.41) is 0. The molecule has 0 aromatic heterocycles. The van der Waals surface area contributed by atoms with Crippen LogP contribution in [0.1, 0.15) is 23.1 Å². The van der Waals surface area contributed by atoms with Crippen molar-refractivity contribution >= 4 is 23.4 Å². The van der Waals surface area contributed by atoms with Gasteiger partial charge in [0.15, 0.2) is 0 Å². The summed E-state index contributed by atoms with van der Waals surface area (Å²) in [5.41, 5.74) is 6.26. The summed E-state index contributed by atoms with van der Waals surface area (Å²) in [6, 6.07) is 15.0. The van der Waals surface area contributed by atoms with E-state index in [0.717, 1.165) is 44.8 Å². The second kappa shape index (κ2) is 8.19. The van der Waals surface area contributed by atoms with Gasteiger partial charge >= 0.3 is 0 Å². The molecule has 4 nitrogen and oxygen atoms in total. The first-order valence-electron chi connectivity index (χ1n) is 10.2. The molecule has 1 fully saturated rings. The Hall–Kier alpha value is -2.59. The molecular formula is C24H29N3O. The van der Waals surface area contributed by atoms with Crippen LogP contribution in [0.4, 0.5) is 11.4 Å². The number of benzene rings is 2. The standard InChI is InChI=1S/C24H29N3O/c1-19-6-3-9-21(18-19)27-16-14-26(15-17-27)13-5-8-20-7-4-10-23-22(20)11-12-24(28)25(23)2/h3-10,18H,11-17H2,1-2H3. The van der Waals surface area contributed by atoms with Crippen molar-refractivity contribution in [2.45, 2.75) is 19.8 Å². The minimum absolute atomic E-state index is 0.208. The zero-order valence-corrected chi connectivity index (χ0v) is 16.9. The first kappa shape index (κ1) is 18.8. The number of piperazine rings is 1. The predicted octanol–water partition coefficient (Wildman–Crippen LogP) is 3.74. The van der Waals surface area contributed by atoms with Gasteiger partial charge in [0.2, 0.25) is 5.91 Å². The number of carbonyl (C=O) groups excluding carboxylic acids is 1. The molecule has 4 rings (SSSR count). The Morgan fingerprint density at radius 2 is 1.79 bits per heavy atom. The smallest absolute Gasteiger partial charge is 0.227 e. The largest absolute Gasteiger partial charge is 0.369 e. The normalized spacial score (nSPS) is 18.0. The summed E-state index contributed by atoms with van der Waals surface area (Å²) in [5.74, 6) is 0.208. The average molecular weight is 376 g/mol. The molecule has 2 aromatic carbocycles. The van der Waals surface area contributed by atoms with Crippen LogP contribution in [0.2, 0.25) is 0 Å². The summed E-state index contributed by atoms with van der Waals surface area (Å²) in [7, 11) is 1.88. The zero-order valence-electron chi connectivity index (χ0n) is 16.9. The van der Waals surface area contributed by atoms with E-state index in [4.69, 9.17) is 0 Å². The van der Waals surface area contributed by atoms with Gasteiger partial charge in [0.05, 0.1) is 0 Å². The van der Waals surface area contributed by atoms with E-state index in [1.165, 1.54) is 22.4 Å². The molecule has 146 valence electrons. The fraction of sp³-hybridized carbons (Fsp3) is 0.375. The molecule has 1 amide bonds. The second-order valence-electron chi connectivity index (χ2n) is 7.83. The summed E-state index contributed by atoms with van der Waals surface area (Å²) in [6.45, 7) is 7.45. The van der Waals surface area contributed by atoms with Gasteiger partial charge in [-0.1, -0.05) is 36.4 Å². The van der Waals surface area contributed by atoms with Crippen molar-refractivity contribution in [2.75, 3.05) is 49.6 Å². The van der Waals surface area contributed by atoms with Gasteiger partial charge in [0.25, 0.3) is 0 Å². The van der Waals surface area contributed by atoms with Crippen LogP contribution in [-0.4, -0.2) is 50.6 Å². The lowest BCUT2D eigenvalue weighted by atomic mass is 9.96. The number of nitrogens with zero attached hydrogens (tertiary/aromatic N) is 3. The second-order valence-corrected chi connectivity index (χ2v) is 7.83. The highest BCUT2D eigenvalue weighted by atomic mass is 16.2. The average Bonchev–Trinajstić information content (AvgIpc) is 2.71. The lowest BCUT2D eigenvalue weighted by Crippen LogP contribution is -2.46. The van der Waals surface area contributed by atoms with E-state index in [1.807, 2.05) is 19.2 Å². The molecule has 28 heavy (non-hydrogen) atoms. The number of hydrogen-bond acceptors (Lipinski definition) is 3. The maximum atomic E-state index is 11.9. The van der Waals surface area contributed by atoms with Gasteiger partial charge in [-0.2, -0.15) is 0 Å². The van der Waals surface area contributed by atoms with Gasteiger partial charge in [0, 0.05) is 57.6 Å². The molecule has 1 saturated heterocycles. The lowest BCUT2D eigenvalue weighted by Gasteiger charge is -2.35. The molecule has 0 spiro atoms. The number of hydrogen-bond donors (Lipinski definition) is 0. The Morgan fingerprint density at radius 3 is 2.57 bits per heavy atom. The number of rotatable bonds is 4. The van der Waals surface area contributed by atoms with Gasteiger partial charge in [-0.25, -0.2) is 0 Å². The third-order valence-electron chi connectivity index (χ3n) is 5.91. The molecule has 0 atom stereocenters. The quantitative estimate of drug-likeness (QED) is 0.815. The van der Waals surface area contributed by atoms with Crippen LogP contribution in [-0.2, 0) is 11.2 Å². The Bertz CT molecular complexity index is 881. The molecule has 0 radical (unpaired) electrons. The van der Waals surface area contributed by atoms with Crippen LogP contribution in [0.5, 0.6) is 0 Å². The molecule has 4 heteroatoms. The maximum Gasteiger partial charge on any atom is 0.227 e. The highest BCUT2D eigenvalue weighted by Crippen LogP contribution is 2.30. The fourth-order valence-corrected chi connectivity index (χ4v) is 4.21. The van der Waals surface area contributed by atoms with Crippen molar-refractivity contribution in [2.24, 2.45) is 0 Å². The summed E-state index contributed by atoms with van der Waals surface area (Å²) < 4.78 is 0. The van der Waals surface area contributed by atoms with E-state index in [2.05, 4.69) is 59.2 Å². The first-order chi connectivity index (χ1) is 13.6. The molecule has 0 unspecified atom stereocenters. The van der Waals surface area contributed by atoms with Crippen molar-refractivity contribution in [3.8, 4) is 0 Å². The first-order valence-corrected chi connectivity index (χ1v) is 10.2. The predicted molar refractivity (Wildman–Crippen MR) is 117 cm³/mol. The van der Waals surface area contributed by atoms with E-state index in [9.17, 15) is 4.79 Å². The molecule has 2 aliphatic rings. The van der Waals surface area contributed by atoms with Crippen molar-refractivity contribution in [1.29, 1.82) is 0 Å². The van der Waals surface area contributed by atoms with Gasteiger partial charge in [0.1, 0.15) is 0 Å². The maximum absolute atomic E-state index is 11.9. The van der Waals surface area contributed by atoms with Crippen LogP contribution < -0.4 is 9.80 Å². The summed E-state index contributed by atoms with van der Waals surface area (Å²) in [4.78, 5) is 18.7. The molecule has 2 heterocycles. The Labute approximate surface area is 168 Å². The third kappa shape index (κ3) is 3.97. The van der Waals surface area contributed by atoms with Gasteiger partial charge in [-0.3, -0.25) is 9.69 Å². The number of anilines is 2. The van der Waals surface area contributed by atoms with E-state index >= 15 is 0 Å². The van der Waals surface area contributed by atoms with Crippen LogP contribution in [0.25, 0.3) is 6.08 Å². The Morgan fingerprint density at radius 1 is 1.00 bits per heavy atom. The third-order valence-corrected chi connectivity index (χ3v) is 5.91. The Balaban J connectivity index is 1.35. The van der Waals surface area contributed by atoms with Gasteiger partial charge < -0.3 is 9.80 Å². The van der Waals surface area contributed by atoms with Crippen molar-refractivity contribution in [3.63, 3.8) is 0 Å². The van der Waals surface area contributed by atoms with Crippen LogP contribution in [0.3, 0.4) is 0 Å². The van der Waals surface area contributed by atoms with Crippen molar-refractivity contribution < 1.29 is 4.79 Å². The summed E-state index contributed by atoms with van der Waals surface area (Å²) >= 11 is 0. The number of fused-ring (bicyclic) bond motifs is 1. The monoisotopic (exact) mass is 375 g/mol. The highest BCUT2D eigenvalue weighted by Gasteiger charge is 2.22. The molecule has 0 bridgehead atoms. The van der Waals surface area contributed by atoms with E-state index in [0.29, 0.717) is 6.42 Å². The van der Waals surface area contributed by atoms with Crippen molar-refractivity contribution in [3.05, 3.63) is 65.2 Å². The molecule has 0 aliphatic carbocycles. The molecule has 0 saturated carbocycles. The van der Waals surface area contributed by atoms with E-state index in [1.54, 1.807) is 4.90 Å². The highest BCUT2D eigenvalue weighted by molar-refractivity contribution is 5.96. The molecular weight excluding hydrogens is 346 g/mol. The minimum Gasteiger partial charge on any atom is -0.369 e. The molecule has 2 aromatic rings. The number of carbonyl (C=O) groups is 1. The topological polar surface area (TPSA) is 26.8 Å². The lowest BCUT2D eigenvalue weighted by molar-refractivity contribution is -0.118. The van der Waals surface area contributed by atoms with Gasteiger partial charge in [-0.15, -0.1) is 0 Å². The van der Waals surface area contributed by atoms with Crippen molar-refractivity contribution in [1.82, 2.24) is 4.90 Å². The van der Waals surface area contributed by atoms with E-state index in [-0.39, 0.29) is 5.91 Å². The van der Waals surface area contributed by atoms with Gasteiger partial charge in [-0.05, 0) is 48.2 Å². The van der Waals surface area contributed by atoms with Crippen LogP contribution >= 0.6 is 0 Å². The number of aryl methyl sites for hydroxylation is 1. The molecule has 2 aliphatic heterocycles. The minimum atomic E-state index is 0.208. The number of amides is 1. The fourth-order valence-electron chi connectivity index (χ4n) is 4.21. The van der Waals surface area contributed by atoms with Crippen LogP contribution in [0.15, 0.2) is 48.5 Å². The Kier molecular flexibility index (Phi) is 5.49. The zero-order chi connectivity index (χ0) is 19.5. The van der Waals surface area contributed by atoms with Crippen LogP contribution in [0, 0.1) is 6.92 Å². The van der Waals surface area contributed by atoms with E-state index < -0.39 is 0 Å². The molecule has 0 N–H and O–H groups in total. The summed E-state index contributed by atoms with van der Waals surface area (Å²) in [6.07, 6.45) is 5.95.